The first kappa shape index (κ1) is 30.9. The Hall–Kier alpha value is -3.65. The zero-order chi connectivity index (χ0) is 29.3. The number of carbonyl (C=O) groups excluding carboxylic acids is 2. The molecule has 0 heterocycles. The molecule has 3 rings (SSSR count). The third kappa shape index (κ3) is 7.94. The molecule has 0 aromatic heterocycles. The van der Waals surface area contributed by atoms with E-state index < -0.39 is 28.5 Å². The Balaban J connectivity index is 2.00. The number of hydrogen-bond acceptors (Lipinski definition) is 4. The Bertz CT molecular complexity index is 1380. The van der Waals surface area contributed by atoms with Crippen LogP contribution in [0.15, 0.2) is 83.8 Å². The Kier molecular flexibility index (Phi) is 10.9. The van der Waals surface area contributed by atoms with Crippen molar-refractivity contribution in [3.8, 4) is 0 Å². The summed E-state index contributed by atoms with van der Waals surface area (Å²) in [6.45, 7) is 10.1. The fourth-order valence-electron chi connectivity index (χ4n) is 4.45. The minimum Gasteiger partial charge on any atom is -0.354 e. The van der Waals surface area contributed by atoms with Gasteiger partial charge in [0.15, 0.2) is 0 Å². The SMILES string of the molecule is CCC(C(=O)NCC(C)C)N(CCc1ccccc1)C(=O)CN(c1ccc(C)c(C)c1)S(=O)(=O)c1ccccc1. The van der Waals surface area contributed by atoms with E-state index in [1.54, 1.807) is 30.3 Å². The van der Waals surface area contributed by atoms with Crippen molar-refractivity contribution in [1.82, 2.24) is 10.2 Å². The topological polar surface area (TPSA) is 86.8 Å². The molecule has 0 saturated carbocycles. The average Bonchev–Trinajstić information content (AvgIpc) is 2.95. The number of anilines is 1. The molecule has 2 amide bonds. The lowest BCUT2D eigenvalue weighted by Crippen LogP contribution is -2.53. The molecule has 1 N–H and O–H groups in total. The second-order valence-corrected chi connectivity index (χ2v) is 12.3. The molecule has 3 aromatic rings. The van der Waals surface area contributed by atoms with Gasteiger partial charge >= 0.3 is 0 Å². The Morgan fingerprint density at radius 3 is 2.08 bits per heavy atom. The van der Waals surface area contributed by atoms with Gasteiger partial charge in [0.05, 0.1) is 10.6 Å². The number of sulfonamides is 1. The van der Waals surface area contributed by atoms with Gasteiger partial charge in [0.25, 0.3) is 10.0 Å². The largest absolute Gasteiger partial charge is 0.354 e. The molecule has 0 saturated heterocycles. The molecule has 0 fully saturated rings. The van der Waals surface area contributed by atoms with E-state index in [-0.39, 0.29) is 23.3 Å². The van der Waals surface area contributed by atoms with Crippen LogP contribution in [-0.4, -0.2) is 50.8 Å². The average molecular weight is 564 g/mol. The van der Waals surface area contributed by atoms with Crippen LogP contribution < -0.4 is 9.62 Å². The monoisotopic (exact) mass is 563 g/mol. The van der Waals surface area contributed by atoms with Crippen molar-refractivity contribution in [1.29, 1.82) is 0 Å². The molecule has 0 aliphatic rings. The highest BCUT2D eigenvalue weighted by molar-refractivity contribution is 7.92. The number of benzene rings is 3. The van der Waals surface area contributed by atoms with Crippen molar-refractivity contribution in [2.24, 2.45) is 5.92 Å². The van der Waals surface area contributed by atoms with Gasteiger partial charge < -0.3 is 10.2 Å². The highest BCUT2D eigenvalue weighted by atomic mass is 32.2. The second-order valence-electron chi connectivity index (χ2n) is 10.5. The van der Waals surface area contributed by atoms with Gasteiger partial charge in [0, 0.05) is 13.1 Å². The molecule has 0 radical (unpaired) electrons. The number of nitrogens with zero attached hydrogens (tertiary/aromatic N) is 2. The lowest BCUT2D eigenvalue weighted by molar-refractivity contribution is -0.139. The first-order valence-electron chi connectivity index (χ1n) is 13.8. The third-order valence-electron chi connectivity index (χ3n) is 6.94. The van der Waals surface area contributed by atoms with Crippen LogP contribution in [0.3, 0.4) is 0 Å². The van der Waals surface area contributed by atoms with Gasteiger partial charge in [-0.15, -0.1) is 0 Å². The summed E-state index contributed by atoms with van der Waals surface area (Å²) in [7, 11) is -4.07. The van der Waals surface area contributed by atoms with E-state index in [9.17, 15) is 18.0 Å². The van der Waals surface area contributed by atoms with Crippen LogP contribution in [0.1, 0.15) is 43.9 Å². The number of amides is 2. The molecule has 0 bridgehead atoms. The van der Waals surface area contributed by atoms with Crippen LogP contribution >= 0.6 is 0 Å². The lowest BCUT2D eigenvalue weighted by atomic mass is 10.1. The quantitative estimate of drug-likeness (QED) is 0.313. The van der Waals surface area contributed by atoms with Crippen LogP contribution in [0.4, 0.5) is 5.69 Å². The fraction of sp³-hybridized carbons (Fsp3) is 0.375. The highest BCUT2D eigenvalue weighted by Gasteiger charge is 2.33. The van der Waals surface area contributed by atoms with Gasteiger partial charge in [0.1, 0.15) is 12.6 Å². The van der Waals surface area contributed by atoms with Gasteiger partial charge in [0.2, 0.25) is 11.8 Å². The van der Waals surface area contributed by atoms with Crippen LogP contribution in [0, 0.1) is 19.8 Å². The van der Waals surface area contributed by atoms with E-state index >= 15 is 0 Å². The summed E-state index contributed by atoms with van der Waals surface area (Å²) in [5.41, 5.74) is 3.37. The highest BCUT2D eigenvalue weighted by Crippen LogP contribution is 2.26. The molecule has 8 heteroatoms. The smallest absolute Gasteiger partial charge is 0.264 e. The van der Waals surface area contributed by atoms with Crippen LogP contribution in [-0.2, 0) is 26.0 Å². The summed E-state index contributed by atoms with van der Waals surface area (Å²) in [5, 5.41) is 2.96. The van der Waals surface area contributed by atoms with Crippen molar-refractivity contribution in [3.63, 3.8) is 0 Å². The number of nitrogens with one attached hydrogen (secondary N) is 1. The summed E-state index contributed by atoms with van der Waals surface area (Å²) in [6, 6.07) is 22.5. The van der Waals surface area contributed by atoms with E-state index in [2.05, 4.69) is 5.32 Å². The van der Waals surface area contributed by atoms with Crippen molar-refractivity contribution in [2.75, 3.05) is 23.9 Å². The minimum absolute atomic E-state index is 0.0959. The van der Waals surface area contributed by atoms with Crippen molar-refractivity contribution in [2.45, 2.75) is 58.4 Å². The van der Waals surface area contributed by atoms with Gasteiger partial charge in [-0.1, -0.05) is 75.4 Å². The normalized spacial score (nSPS) is 12.2. The van der Waals surface area contributed by atoms with E-state index in [1.165, 1.54) is 17.0 Å². The third-order valence-corrected chi connectivity index (χ3v) is 8.73. The maximum Gasteiger partial charge on any atom is 0.264 e. The number of aryl methyl sites for hydroxylation is 2. The summed E-state index contributed by atoms with van der Waals surface area (Å²) >= 11 is 0. The zero-order valence-electron chi connectivity index (χ0n) is 24.1. The molecule has 0 spiro atoms. The first-order valence-corrected chi connectivity index (χ1v) is 15.2. The van der Waals surface area contributed by atoms with Gasteiger partial charge in [-0.3, -0.25) is 13.9 Å². The van der Waals surface area contributed by atoms with Crippen LogP contribution in [0.2, 0.25) is 0 Å². The van der Waals surface area contributed by atoms with E-state index in [0.717, 1.165) is 21.0 Å². The molecular formula is C32H41N3O4S. The molecule has 7 nitrogen and oxygen atoms in total. The predicted molar refractivity (Wildman–Crippen MR) is 161 cm³/mol. The Morgan fingerprint density at radius 2 is 1.50 bits per heavy atom. The van der Waals surface area contributed by atoms with Crippen LogP contribution in [0.25, 0.3) is 0 Å². The van der Waals surface area contributed by atoms with Crippen LogP contribution in [0.5, 0.6) is 0 Å². The van der Waals surface area contributed by atoms with Crippen molar-refractivity contribution < 1.29 is 18.0 Å². The number of rotatable bonds is 13. The summed E-state index contributed by atoms with van der Waals surface area (Å²) in [4.78, 5) is 29.0. The molecular weight excluding hydrogens is 522 g/mol. The molecule has 1 atom stereocenters. The van der Waals surface area contributed by atoms with Gasteiger partial charge in [-0.25, -0.2) is 8.42 Å². The summed E-state index contributed by atoms with van der Waals surface area (Å²) in [6.07, 6.45) is 0.940. The lowest BCUT2D eigenvalue weighted by Gasteiger charge is -2.33. The predicted octanol–water partition coefficient (Wildman–Crippen LogP) is 5.12. The van der Waals surface area contributed by atoms with E-state index in [1.807, 2.05) is 71.0 Å². The first-order chi connectivity index (χ1) is 19.0. The maximum atomic E-state index is 14.1. The summed E-state index contributed by atoms with van der Waals surface area (Å²) < 4.78 is 28.9. The number of carbonyl (C=O) groups is 2. The fourth-order valence-corrected chi connectivity index (χ4v) is 5.87. The van der Waals surface area contributed by atoms with Crippen molar-refractivity contribution in [3.05, 3.63) is 95.6 Å². The maximum absolute atomic E-state index is 14.1. The molecule has 1 unspecified atom stereocenters. The minimum atomic E-state index is -4.07. The van der Waals surface area contributed by atoms with Crippen molar-refractivity contribution >= 4 is 27.5 Å². The molecule has 3 aromatic carbocycles. The Morgan fingerprint density at radius 1 is 0.875 bits per heavy atom. The Labute approximate surface area is 239 Å². The van der Waals surface area contributed by atoms with E-state index in [4.69, 9.17) is 0 Å². The van der Waals surface area contributed by atoms with E-state index in [0.29, 0.717) is 25.1 Å². The second kappa shape index (κ2) is 14.1. The molecule has 214 valence electrons. The zero-order valence-corrected chi connectivity index (χ0v) is 24.9. The summed E-state index contributed by atoms with van der Waals surface area (Å²) in [5.74, 6) is -0.410. The molecule has 0 aliphatic heterocycles. The number of hydrogen-bond donors (Lipinski definition) is 1. The van der Waals surface area contributed by atoms with Gasteiger partial charge in [-0.05, 0) is 73.6 Å². The molecule has 40 heavy (non-hydrogen) atoms. The van der Waals surface area contributed by atoms with Gasteiger partial charge in [-0.2, -0.15) is 0 Å². The standard InChI is InChI=1S/C32H41N3O4S/c1-6-30(32(37)33-22-24(2)3)34(20-19-27-13-9-7-10-14-27)31(36)23-35(28-18-17-25(4)26(5)21-28)40(38,39)29-15-11-8-12-16-29/h7-18,21,24,30H,6,19-20,22-23H2,1-5H3,(H,33,37). The molecule has 0 aliphatic carbocycles.